The Morgan fingerprint density at radius 2 is 1.84 bits per heavy atom. The first kappa shape index (κ1) is 13.8. The second kappa shape index (κ2) is 5.16. The molecule has 1 N–H and O–H groups in total. The number of nitriles is 1. The molecule has 0 aromatic heterocycles. The van der Waals surface area contributed by atoms with Gasteiger partial charge in [-0.2, -0.15) is 5.26 Å². The van der Waals surface area contributed by atoms with Gasteiger partial charge in [-0.1, -0.05) is 13.8 Å². The quantitative estimate of drug-likeness (QED) is 0.868. The molecule has 1 saturated carbocycles. The van der Waals surface area contributed by atoms with E-state index in [1.807, 2.05) is 0 Å². The third-order valence-corrected chi connectivity index (χ3v) is 3.90. The molecule has 102 valence electrons. The lowest BCUT2D eigenvalue weighted by Crippen LogP contribution is -2.30. The topological polar surface area (TPSA) is 35.8 Å². The molecule has 0 radical (unpaired) electrons. The molecular weight excluding hydrogens is 246 g/mol. The zero-order valence-corrected chi connectivity index (χ0v) is 11.3. The molecule has 0 heterocycles. The summed E-state index contributed by atoms with van der Waals surface area (Å²) in [5, 5.41) is 11.7. The Morgan fingerprint density at radius 3 is 2.42 bits per heavy atom. The number of nitrogens with one attached hydrogen (secondary N) is 1. The Morgan fingerprint density at radius 1 is 1.21 bits per heavy atom. The fourth-order valence-electron chi connectivity index (χ4n) is 2.51. The van der Waals surface area contributed by atoms with Gasteiger partial charge in [-0.25, -0.2) is 8.78 Å². The van der Waals surface area contributed by atoms with Crippen molar-refractivity contribution < 1.29 is 8.78 Å². The third-order valence-electron chi connectivity index (χ3n) is 3.90. The molecule has 1 aliphatic carbocycles. The number of anilines is 1. The fourth-order valence-corrected chi connectivity index (χ4v) is 2.51. The van der Waals surface area contributed by atoms with Crippen molar-refractivity contribution in [3.63, 3.8) is 0 Å². The van der Waals surface area contributed by atoms with E-state index in [-0.39, 0.29) is 17.3 Å². The predicted octanol–water partition coefficient (Wildman–Crippen LogP) is 4.22. The zero-order valence-electron chi connectivity index (χ0n) is 11.3. The Hall–Kier alpha value is -1.63. The van der Waals surface area contributed by atoms with E-state index in [2.05, 4.69) is 19.2 Å². The first-order valence-corrected chi connectivity index (χ1v) is 6.57. The summed E-state index contributed by atoms with van der Waals surface area (Å²) in [6.07, 6.45) is 4.05. The highest BCUT2D eigenvalue weighted by molar-refractivity contribution is 5.50. The molecule has 0 saturated heterocycles. The molecule has 2 rings (SSSR count). The van der Waals surface area contributed by atoms with Gasteiger partial charge in [0.05, 0.1) is 11.3 Å². The maximum absolute atomic E-state index is 13.8. The van der Waals surface area contributed by atoms with Gasteiger partial charge < -0.3 is 5.32 Å². The normalized spacial score (nSPS) is 18.9. The summed E-state index contributed by atoms with van der Waals surface area (Å²) < 4.78 is 27.3. The molecule has 0 aliphatic heterocycles. The van der Waals surface area contributed by atoms with E-state index < -0.39 is 11.6 Å². The smallest absolute Gasteiger partial charge is 0.183 e. The first-order valence-electron chi connectivity index (χ1n) is 6.57. The summed E-state index contributed by atoms with van der Waals surface area (Å²) in [5.74, 6) is -2.02. The van der Waals surface area contributed by atoms with Crippen molar-refractivity contribution in [3.05, 3.63) is 29.3 Å². The number of benzene rings is 1. The second-order valence-electron chi connectivity index (χ2n) is 5.98. The van der Waals surface area contributed by atoms with Crippen LogP contribution in [0, 0.1) is 28.4 Å². The van der Waals surface area contributed by atoms with Crippen molar-refractivity contribution in [2.45, 2.75) is 45.6 Å². The van der Waals surface area contributed by atoms with Crippen LogP contribution in [-0.2, 0) is 0 Å². The van der Waals surface area contributed by atoms with E-state index in [4.69, 9.17) is 5.26 Å². The van der Waals surface area contributed by atoms with Crippen LogP contribution in [0.3, 0.4) is 0 Å². The van der Waals surface area contributed by atoms with Crippen molar-refractivity contribution in [1.82, 2.24) is 0 Å². The van der Waals surface area contributed by atoms with E-state index in [9.17, 15) is 8.78 Å². The van der Waals surface area contributed by atoms with Gasteiger partial charge in [0.15, 0.2) is 11.6 Å². The number of hydrogen-bond donors (Lipinski definition) is 1. The van der Waals surface area contributed by atoms with Gasteiger partial charge in [-0.15, -0.1) is 0 Å². The van der Waals surface area contributed by atoms with Crippen LogP contribution in [-0.4, -0.2) is 6.04 Å². The van der Waals surface area contributed by atoms with Crippen LogP contribution in [0.15, 0.2) is 12.1 Å². The number of hydrogen-bond acceptors (Lipinski definition) is 2. The van der Waals surface area contributed by atoms with E-state index in [0.717, 1.165) is 25.7 Å². The molecule has 0 atom stereocenters. The largest absolute Gasteiger partial charge is 0.380 e. The third kappa shape index (κ3) is 3.04. The molecule has 2 nitrogen and oxygen atoms in total. The van der Waals surface area contributed by atoms with Crippen LogP contribution < -0.4 is 5.32 Å². The van der Waals surface area contributed by atoms with E-state index in [1.165, 1.54) is 12.1 Å². The monoisotopic (exact) mass is 264 g/mol. The Labute approximate surface area is 112 Å². The molecule has 19 heavy (non-hydrogen) atoms. The van der Waals surface area contributed by atoms with Crippen molar-refractivity contribution in [2.24, 2.45) is 5.41 Å². The Balaban J connectivity index is 2.09. The number of nitrogens with zero attached hydrogens (tertiary/aromatic N) is 1. The van der Waals surface area contributed by atoms with Crippen molar-refractivity contribution in [3.8, 4) is 6.07 Å². The molecule has 1 aliphatic rings. The van der Waals surface area contributed by atoms with Crippen LogP contribution in [0.2, 0.25) is 0 Å². The SMILES string of the molecule is CC1(C)CCC(Nc2ccc(C#N)c(F)c2F)CC1. The van der Waals surface area contributed by atoms with Crippen LogP contribution in [0.4, 0.5) is 14.5 Å². The molecule has 1 fully saturated rings. The molecule has 0 spiro atoms. The van der Waals surface area contributed by atoms with Gasteiger partial charge in [0.2, 0.25) is 0 Å². The average Bonchev–Trinajstić information content (AvgIpc) is 2.37. The minimum atomic E-state index is -1.07. The average molecular weight is 264 g/mol. The highest BCUT2D eigenvalue weighted by atomic mass is 19.2. The lowest BCUT2D eigenvalue weighted by atomic mass is 9.75. The first-order chi connectivity index (χ1) is 8.93. The zero-order chi connectivity index (χ0) is 14.0. The van der Waals surface area contributed by atoms with Crippen LogP contribution >= 0.6 is 0 Å². The Bertz CT molecular complexity index is 508. The molecule has 4 heteroatoms. The minimum Gasteiger partial charge on any atom is -0.380 e. The van der Waals surface area contributed by atoms with Crippen molar-refractivity contribution >= 4 is 5.69 Å². The maximum atomic E-state index is 13.8. The summed E-state index contributed by atoms with van der Waals surface area (Å²) in [4.78, 5) is 0. The van der Waals surface area contributed by atoms with E-state index in [0.29, 0.717) is 5.41 Å². The summed E-state index contributed by atoms with van der Waals surface area (Å²) in [6.45, 7) is 4.45. The van der Waals surface area contributed by atoms with Crippen LogP contribution in [0.25, 0.3) is 0 Å². The van der Waals surface area contributed by atoms with Gasteiger partial charge in [0.25, 0.3) is 0 Å². The fraction of sp³-hybridized carbons (Fsp3) is 0.533. The molecular formula is C15H18F2N2. The maximum Gasteiger partial charge on any atom is 0.183 e. The van der Waals surface area contributed by atoms with Crippen molar-refractivity contribution in [1.29, 1.82) is 5.26 Å². The number of rotatable bonds is 2. The van der Waals surface area contributed by atoms with E-state index in [1.54, 1.807) is 6.07 Å². The lowest BCUT2D eigenvalue weighted by Gasteiger charge is -2.35. The molecule has 1 aromatic rings. The molecule has 0 bridgehead atoms. The Kier molecular flexibility index (Phi) is 3.75. The highest BCUT2D eigenvalue weighted by Crippen LogP contribution is 2.36. The van der Waals surface area contributed by atoms with Crippen molar-refractivity contribution in [2.75, 3.05) is 5.32 Å². The van der Waals surface area contributed by atoms with E-state index >= 15 is 0 Å². The molecule has 1 aromatic carbocycles. The predicted molar refractivity (Wildman–Crippen MR) is 70.7 cm³/mol. The summed E-state index contributed by atoms with van der Waals surface area (Å²) in [7, 11) is 0. The molecule has 0 unspecified atom stereocenters. The second-order valence-corrected chi connectivity index (χ2v) is 5.98. The van der Waals surface area contributed by atoms with Gasteiger partial charge >= 0.3 is 0 Å². The summed E-state index contributed by atoms with van der Waals surface area (Å²) >= 11 is 0. The van der Waals surface area contributed by atoms with Gasteiger partial charge in [0.1, 0.15) is 6.07 Å². The molecule has 0 amide bonds. The summed E-state index contributed by atoms with van der Waals surface area (Å²) in [5.41, 5.74) is 0.237. The summed E-state index contributed by atoms with van der Waals surface area (Å²) in [6, 6.07) is 4.56. The van der Waals surface area contributed by atoms with Crippen LogP contribution in [0.1, 0.15) is 45.1 Å². The van der Waals surface area contributed by atoms with Crippen LogP contribution in [0.5, 0.6) is 0 Å². The standard InChI is InChI=1S/C15H18F2N2/c1-15(2)7-5-11(6-8-15)19-12-4-3-10(9-18)13(16)14(12)17/h3-4,11,19H,5-8H2,1-2H3. The lowest BCUT2D eigenvalue weighted by molar-refractivity contribution is 0.232. The van der Waals surface area contributed by atoms with Gasteiger partial charge in [-0.05, 0) is 43.2 Å². The minimum absolute atomic E-state index is 0.154. The highest BCUT2D eigenvalue weighted by Gasteiger charge is 2.27. The van der Waals surface area contributed by atoms with Gasteiger partial charge in [0, 0.05) is 6.04 Å². The van der Waals surface area contributed by atoms with Gasteiger partial charge in [-0.3, -0.25) is 0 Å². The number of halogens is 2.